The number of carbonyl (C=O) groups is 3. The maximum atomic E-state index is 12.3. The van der Waals surface area contributed by atoms with Gasteiger partial charge in [-0.15, -0.1) is 0 Å². The molecule has 0 spiro atoms. The Kier molecular flexibility index (Phi) is 6.09. The van der Waals surface area contributed by atoms with Crippen molar-refractivity contribution in [2.45, 2.75) is 32.7 Å². The minimum atomic E-state index is -0.155. The number of nitrogens with zero attached hydrogens (tertiary/aromatic N) is 1. The van der Waals surface area contributed by atoms with E-state index in [1.165, 1.54) is 14.0 Å². The van der Waals surface area contributed by atoms with Crippen LogP contribution in [0.5, 0.6) is 5.75 Å². The molecule has 3 rings (SSSR count). The Morgan fingerprint density at radius 2 is 1.89 bits per heavy atom. The topological polar surface area (TPSA) is 75.7 Å². The van der Waals surface area contributed by atoms with E-state index >= 15 is 0 Å². The highest BCUT2D eigenvalue weighted by atomic mass is 16.5. The molecule has 1 aliphatic heterocycles. The maximum absolute atomic E-state index is 12.3. The molecule has 1 heterocycles. The zero-order valence-corrected chi connectivity index (χ0v) is 16.2. The Bertz CT molecular complexity index is 890. The van der Waals surface area contributed by atoms with Crippen molar-refractivity contribution in [3.8, 4) is 5.75 Å². The van der Waals surface area contributed by atoms with Gasteiger partial charge in [-0.3, -0.25) is 14.4 Å². The average molecular weight is 380 g/mol. The molecular weight excluding hydrogens is 356 g/mol. The zero-order chi connectivity index (χ0) is 20.1. The third kappa shape index (κ3) is 4.57. The van der Waals surface area contributed by atoms with Crippen LogP contribution in [-0.2, 0) is 22.6 Å². The predicted molar refractivity (Wildman–Crippen MR) is 107 cm³/mol. The molecule has 2 aromatic rings. The number of carbonyl (C=O) groups excluding carboxylic acids is 3. The molecule has 2 amide bonds. The molecule has 1 fully saturated rings. The first-order valence-electron chi connectivity index (χ1n) is 9.32. The minimum Gasteiger partial charge on any atom is -0.496 e. The monoisotopic (exact) mass is 380 g/mol. The Hall–Kier alpha value is -3.15. The number of benzene rings is 2. The average Bonchev–Trinajstić information content (AvgIpc) is 3.12. The summed E-state index contributed by atoms with van der Waals surface area (Å²) in [5.41, 5.74) is 3.07. The summed E-state index contributed by atoms with van der Waals surface area (Å²) in [6.45, 7) is 2.64. The molecule has 2 aromatic carbocycles. The van der Waals surface area contributed by atoms with Crippen LogP contribution >= 0.6 is 0 Å². The molecule has 146 valence electrons. The third-order valence-electron chi connectivity index (χ3n) is 4.85. The Morgan fingerprint density at radius 1 is 1.14 bits per heavy atom. The van der Waals surface area contributed by atoms with E-state index in [0.29, 0.717) is 29.8 Å². The van der Waals surface area contributed by atoms with Crippen LogP contribution in [0.1, 0.15) is 41.3 Å². The Balaban J connectivity index is 1.59. The summed E-state index contributed by atoms with van der Waals surface area (Å²) in [6.07, 6.45) is 1.63. The summed E-state index contributed by atoms with van der Waals surface area (Å²) >= 11 is 0. The lowest BCUT2D eigenvalue weighted by Gasteiger charge is -2.16. The van der Waals surface area contributed by atoms with E-state index in [1.807, 2.05) is 24.3 Å². The van der Waals surface area contributed by atoms with Gasteiger partial charge in [-0.1, -0.05) is 12.1 Å². The number of rotatable bonds is 7. The molecule has 0 radical (unpaired) electrons. The summed E-state index contributed by atoms with van der Waals surface area (Å²) in [5, 5.41) is 2.89. The summed E-state index contributed by atoms with van der Waals surface area (Å²) in [6, 6.07) is 12.7. The second-order valence-corrected chi connectivity index (χ2v) is 6.85. The van der Waals surface area contributed by atoms with E-state index in [4.69, 9.17) is 4.74 Å². The Morgan fingerprint density at radius 3 is 2.50 bits per heavy atom. The van der Waals surface area contributed by atoms with Crippen LogP contribution in [0.25, 0.3) is 0 Å². The number of hydrogen-bond donors (Lipinski definition) is 1. The number of methoxy groups -OCH3 is 1. The number of ketones is 1. The van der Waals surface area contributed by atoms with Gasteiger partial charge in [0.15, 0.2) is 5.78 Å². The molecule has 1 aliphatic rings. The lowest BCUT2D eigenvalue weighted by molar-refractivity contribution is -0.120. The van der Waals surface area contributed by atoms with Crippen LogP contribution < -0.4 is 15.0 Å². The van der Waals surface area contributed by atoms with Gasteiger partial charge in [-0.25, -0.2) is 0 Å². The number of Topliss-reactive ketones (excluding diaryl/α,β-unsaturated/α-hetero) is 1. The van der Waals surface area contributed by atoms with Crippen LogP contribution in [0.15, 0.2) is 42.5 Å². The van der Waals surface area contributed by atoms with E-state index in [1.54, 1.807) is 23.1 Å². The van der Waals surface area contributed by atoms with Crippen LogP contribution in [0, 0.1) is 0 Å². The lowest BCUT2D eigenvalue weighted by Crippen LogP contribution is -2.25. The second-order valence-electron chi connectivity index (χ2n) is 6.85. The van der Waals surface area contributed by atoms with Gasteiger partial charge in [-0.2, -0.15) is 0 Å². The normalized spacial score (nSPS) is 13.5. The summed E-state index contributed by atoms with van der Waals surface area (Å²) < 4.78 is 5.29. The molecular formula is C22H24N2O4. The summed E-state index contributed by atoms with van der Waals surface area (Å²) in [5.74, 6) is 0.529. The molecule has 0 aromatic heterocycles. The second kappa shape index (κ2) is 8.69. The first-order valence-corrected chi connectivity index (χ1v) is 9.32. The molecule has 0 saturated carbocycles. The molecule has 0 aliphatic carbocycles. The number of hydrogen-bond acceptors (Lipinski definition) is 4. The highest BCUT2D eigenvalue weighted by molar-refractivity contribution is 5.95. The van der Waals surface area contributed by atoms with Gasteiger partial charge < -0.3 is 15.0 Å². The van der Waals surface area contributed by atoms with Gasteiger partial charge in [0.2, 0.25) is 11.8 Å². The van der Waals surface area contributed by atoms with Crippen LogP contribution in [0.2, 0.25) is 0 Å². The quantitative estimate of drug-likeness (QED) is 0.750. The third-order valence-corrected chi connectivity index (χ3v) is 4.85. The molecule has 1 saturated heterocycles. The molecule has 28 heavy (non-hydrogen) atoms. The van der Waals surface area contributed by atoms with Gasteiger partial charge in [0.25, 0.3) is 0 Å². The zero-order valence-electron chi connectivity index (χ0n) is 16.2. The van der Waals surface area contributed by atoms with E-state index in [0.717, 1.165) is 24.2 Å². The van der Waals surface area contributed by atoms with Crippen LogP contribution in [0.3, 0.4) is 0 Å². The molecule has 0 atom stereocenters. The largest absolute Gasteiger partial charge is 0.496 e. The van der Waals surface area contributed by atoms with E-state index < -0.39 is 0 Å². The Labute approximate surface area is 164 Å². The standard InChI is InChI=1S/C22H24N2O4/c1-15(25)17-7-10-20(28-2)18(12-17)13-21(26)23-14-16-5-8-19(9-6-16)24-11-3-4-22(24)27/h5-10,12H,3-4,11,13-14H2,1-2H3,(H,23,26). The lowest BCUT2D eigenvalue weighted by atomic mass is 10.0. The SMILES string of the molecule is COc1ccc(C(C)=O)cc1CC(=O)NCc1ccc(N2CCCC2=O)cc1. The minimum absolute atomic E-state index is 0.0547. The fraction of sp³-hybridized carbons (Fsp3) is 0.318. The van der Waals surface area contributed by atoms with Crippen molar-refractivity contribution in [1.82, 2.24) is 5.32 Å². The first-order chi connectivity index (χ1) is 13.5. The van der Waals surface area contributed by atoms with Crippen molar-refractivity contribution in [1.29, 1.82) is 0 Å². The molecule has 0 bridgehead atoms. The summed E-state index contributed by atoms with van der Waals surface area (Å²) in [4.78, 5) is 37.5. The molecule has 6 nitrogen and oxygen atoms in total. The van der Waals surface area contributed by atoms with Gasteiger partial charge in [0, 0.05) is 36.3 Å². The van der Waals surface area contributed by atoms with E-state index in [9.17, 15) is 14.4 Å². The fourth-order valence-electron chi connectivity index (χ4n) is 3.29. The number of nitrogens with one attached hydrogen (secondary N) is 1. The molecule has 6 heteroatoms. The molecule has 0 unspecified atom stereocenters. The fourth-order valence-corrected chi connectivity index (χ4v) is 3.29. The number of amides is 2. The van der Waals surface area contributed by atoms with Crippen LogP contribution in [0.4, 0.5) is 5.69 Å². The van der Waals surface area contributed by atoms with E-state index in [2.05, 4.69) is 5.32 Å². The van der Waals surface area contributed by atoms with Gasteiger partial charge >= 0.3 is 0 Å². The summed E-state index contributed by atoms with van der Waals surface area (Å²) in [7, 11) is 1.54. The number of anilines is 1. The van der Waals surface area contributed by atoms with Gasteiger partial charge in [-0.05, 0) is 49.2 Å². The highest BCUT2D eigenvalue weighted by Gasteiger charge is 2.21. The van der Waals surface area contributed by atoms with E-state index in [-0.39, 0.29) is 24.0 Å². The van der Waals surface area contributed by atoms with Crippen molar-refractivity contribution in [2.24, 2.45) is 0 Å². The van der Waals surface area contributed by atoms with Gasteiger partial charge in [0.1, 0.15) is 5.75 Å². The maximum Gasteiger partial charge on any atom is 0.227 e. The first kappa shape index (κ1) is 19.6. The van der Waals surface area contributed by atoms with Gasteiger partial charge in [0.05, 0.1) is 13.5 Å². The van der Waals surface area contributed by atoms with Crippen molar-refractivity contribution in [2.75, 3.05) is 18.6 Å². The van der Waals surface area contributed by atoms with Crippen molar-refractivity contribution in [3.05, 3.63) is 59.2 Å². The van der Waals surface area contributed by atoms with Crippen molar-refractivity contribution < 1.29 is 19.1 Å². The number of ether oxygens (including phenoxy) is 1. The highest BCUT2D eigenvalue weighted by Crippen LogP contribution is 2.22. The van der Waals surface area contributed by atoms with Crippen LogP contribution in [-0.4, -0.2) is 31.3 Å². The smallest absolute Gasteiger partial charge is 0.227 e. The van der Waals surface area contributed by atoms with Crippen molar-refractivity contribution >= 4 is 23.3 Å². The molecule has 1 N–H and O–H groups in total. The van der Waals surface area contributed by atoms with Crippen molar-refractivity contribution in [3.63, 3.8) is 0 Å². The predicted octanol–water partition coefficient (Wildman–Crippen LogP) is 2.88.